The van der Waals surface area contributed by atoms with Gasteiger partial charge in [0.25, 0.3) is 0 Å². The smallest absolute Gasteiger partial charge is 0.341 e. The number of halogens is 2. The number of aliphatic carboxylic acids is 1. The minimum Gasteiger partial charge on any atom is -0.479 e. The first kappa shape index (κ1) is 23.8. The topological polar surface area (TPSA) is 92.7 Å². The Morgan fingerprint density at radius 3 is 1.85 bits per heavy atom. The number of rotatable bonds is 4. The van der Waals surface area contributed by atoms with E-state index in [-0.39, 0.29) is 38.2 Å². The van der Waals surface area contributed by atoms with E-state index in [1.807, 2.05) is 0 Å². The quantitative estimate of drug-likeness (QED) is 0.583. The predicted octanol–water partition coefficient (Wildman–Crippen LogP) is 5.43. The van der Waals surface area contributed by atoms with E-state index < -0.39 is 18.5 Å². The highest BCUT2D eigenvalue weighted by molar-refractivity contribution is 6.37. The van der Waals surface area contributed by atoms with Gasteiger partial charge in [-0.3, -0.25) is 9.59 Å². The second-order valence-electron chi connectivity index (χ2n) is 10.7. The largest absolute Gasteiger partial charge is 0.479 e. The summed E-state index contributed by atoms with van der Waals surface area (Å²) in [6.07, 6.45) is 2.15. The fourth-order valence-corrected chi connectivity index (χ4v) is 5.85. The molecule has 0 amide bonds. The standard InChI is InChI=1S/C25H27Cl2NO5/c1-24(2)7-15-21(17(29)9-24)20(22-16(28-15)8-25(3,4)10-18(22)30)12-5-13(26)23(14(27)6-12)33-11-19(31)32/h5-6,20,28H,7-11H2,1-4H3,(H,31,32). The summed E-state index contributed by atoms with van der Waals surface area (Å²) in [6, 6.07) is 3.24. The number of allylic oxidation sites excluding steroid dienone is 4. The van der Waals surface area contributed by atoms with Crippen molar-refractivity contribution in [2.75, 3.05) is 6.61 Å². The van der Waals surface area contributed by atoms with Crippen molar-refractivity contribution in [3.05, 3.63) is 50.3 Å². The van der Waals surface area contributed by atoms with Gasteiger partial charge in [0.15, 0.2) is 23.9 Å². The summed E-state index contributed by atoms with van der Waals surface area (Å²) >= 11 is 12.9. The molecule has 0 unspecified atom stereocenters. The lowest BCUT2D eigenvalue weighted by Gasteiger charge is -2.44. The van der Waals surface area contributed by atoms with Gasteiger partial charge in [0.2, 0.25) is 0 Å². The minimum atomic E-state index is -1.15. The van der Waals surface area contributed by atoms with E-state index in [9.17, 15) is 14.4 Å². The van der Waals surface area contributed by atoms with E-state index >= 15 is 0 Å². The number of carbonyl (C=O) groups excluding carboxylic acids is 2. The van der Waals surface area contributed by atoms with Gasteiger partial charge >= 0.3 is 5.97 Å². The van der Waals surface area contributed by atoms with Crippen molar-refractivity contribution >= 4 is 40.7 Å². The van der Waals surface area contributed by atoms with Crippen LogP contribution in [0.15, 0.2) is 34.7 Å². The van der Waals surface area contributed by atoms with E-state index in [2.05, 4.69) is 33.0 Å². The molecule has 33 heavy (non-hydrogen) atoms. The molecule has 6 nitrogen and oxygen atoms in total. The third-order valence-electron chi connectivity index (χ3n) is 6.41. The van der Waals surface area contributed by atoms with Crippen LogP contribution in [0.3, 0.4) is 0 Å². The monoisotopic (exact) mass is 491 g/mol. The maximum Gasteiger partial charge on any atom is 0.341 e. The van der Waals surface area contributed by atoms with Crippen LogP contribution in [0.25, 0.3) is 0 Å². The fourth-order valence-electron chi connectivity index (χ4n) is 5.24. The van der Waals surface area contributed by atoms with E-state index in [4.69, 9.17) is 33.0 Å². The lowest BCUT2D eigenvalue weighted by atomic mass is 9.64. The van der Waals surface area contributed by atoms with Gasteiger partial charge in [-0.15, -0.1) is 0 Å². The molecule has 8 heteroatoms. The van der Waals surface area contributed by atoms with Crippen molar-refractivity contribution in [3.8, 4) is 5.75 Å². The third kappa shape index (κ3) is 4.56. The zero-order valence-corrected chi connectivity index (χ0v) is 20.6. The number of carboxylic acids is 1. The van der Waals surface area contributed by atoms with Crippen molar-refractivity contribution in [2.24, 2.45) is 10.8 Å². The van der Waals surface area contributed by atoms with Gasteiger partial charge in [0, 0.05) is 41.3 Å². The van der Waals surface area contributed by atoms with Crippen molar-refractivity contribution in [1.82, 2.24) is 5.32 Å². The molecular formula is C25H27Cl2NO5. The summed E-state index contributed by atoms with van der Waals surface area (Å²) in [5.41, 5.74) is 3.12. The number of hydrogen-bond donors (Lipinski definition) is 2. The van der Waals surface area contributed by atoms with Crippen LogP contribution >= 0.6 is 23.2 Å². The van der Waals surface area contributed by atoms with Crippen LogP contribution in [0.4, 0.5) is 0 Å². The molecule has 0 fully saturated rings. The highest BCUT2D eigenvalue weighted by Gasteiger charge is 2.46. The summed E-state index contributed by atoms with van der Waals surface area (Å²) in [6.45, 7) is 7.67. The van der Waals surface area contributed by atoms with Crippen molar-refractivity contribution in [2.45, 2.75) is 59.3 Å². The molecule has 176 valence electrons. The highest BCUT2D eigenvalue weighted by atomic mass is 35.5. The number of carbonyl (C=O) groups is 3. The van der Waals surface area contributed by atoms with Gasteiger partial charge in [-0.2, -0.15) is 0 Å². The summed E-state index contributed by atoms with van der Waals surface area (Å²) in [7, 11) is 0. The zero-order valence-electron chi connectivity index (χ0n) is 19.1. The molecule has 0 saturated heterocycles. The number of hydrogen-bond acceptors (Lipinski definition) is 5. The number of carboxylic acid groups (broad SMARTS) is 1. The number of dihydropyridines is 1. The Balaban J connectivity index is 1.87. The summed E-state index contributed by atoms with van der Waals surface area (Å²) in [5.74, 6) is -1.66. The SMILES string of the molecule is CC1(C)CC(=O)C2=C(C1)NC1=C(C(=O)CC(C)(C)C1)C2c1cc(Cl)c(OCC(=O)O)c(Cl)c1. The Kier molecular flexibility index (Phi) is 5.90. The van der Waals surface area contributed by atoms with Crippen LogP contribution in [-0.4, -0.2) is 29.2 Å². The third-order valence-corrected chi connectivity index (χ3v) is 6.97. The number of nitrogens with one attached hydrogen (secondary N) is 1. The van der Waals surface area contributed by atoms with E-state index in [0.29, 0.717) is 42.4 Å². The highest BCUT2D eigenvalue weighted by Crippen LogP contribution is 2.52. The molecule has 1 heterocycles. The molecule has 0 atom stereocenters. The number of Topliss-reactive ketones (excluding diaryl/α,β-unsaturated/α-hetero) is 2. The Labute approximate surface area is 203 Å². The molecular weight excluding hydrogens is 465 g/mol. The summed E-state index contributed by atoms with van der Waals surface area (Å²) < 4.78 is 5.25. The Bertz CT molecular complexity index is 1070. The molecule has 1 aromatic rings. The van der Waals surface area contributed by atoms with Gasteiger partial charge in [-0.25, -0.2) is 4.79 Å². The zero-order chi connectivity index (χ0) is 24.3. The van der Waals surface area contributed by atoms with Crippen LogP contribution in [0, 0.1) is 10.8 Å². The molecule has 2 aliphatic carbocycles. The molecule has 4 rings (SSSR count). The summed E-state index contributed by atoms with van der Waals surface area (Å²) in [5, 5.41) is 12.6. The van der Waals surface area contributed by atoms with Crippen LogP contribution < -0.4 is 10.1 Å². The maximum absolute atomic E-state index is 13.4. The second-order valence-corrected chi connectivity index (χ2v) is 11.5. The van der Waals surface area contributed by atoms with Gasteiger partial charge < -0.3 is 15.2 Å². The molecule has 0 spiro atoms. The average molecular weight is 492 g/mol. The lowest BCUT2D eigenvalue weighted by molar-refractivity contribution is -0.139. The first-order chi connectivity index (χ1) is 15.3. The van der Waals surface area contributed by atoms with Crippen molar-refractivity contribution in [1.29, 1.82) is 0 Å². The van der Waals surface area contributed by atoms with Gasteiger partial charge in [-0.05, 0) is 41.4 Å². The molecule has 0 bridgehead atoms. The maximum atomic E-state index is 13.4. The first-order valence-corrected chi connectivity index (χ1v) is 11.7. The molecule has 1 aliphatic heterocycles. The Hall–Kier alpha value is -2.31. The minimum absolute atomic E-state index is 0.00128. The van der Waals surface area contributed by atoms with Gasteiger partial charge in [0.05, 0.1) is 10.0 Å². The van der Waals surface area contributed by atoms with E-state index in [1.54, 1.807) is 12.1 Å². The van der Waals surface area contributed by atoms with Crippen LogP contribution in [0.5, 0.6) is 5.75 Å². The average Bonchev–Trinajstić information content (AvgIpc) is 2.63. The van der Waals surface area contributed by atoms with Crippen LogP contribution in [0.2, 0.25) is 10.0 Å². The normalized spacial score (nSPS) is 22.0. The fraction of sp³-hybridized carbons (Fsp3) is 0.480. The molecule has 2 N–H and O–H groups in total. The van der Waals surface area contributed by atoms with Gasteiger partial charge in [-0.1, -0.05) is 50.9 Å². The first-order valence-electron chi connectivity index (χ1n) is 10.9. The van der Waals surface area contributed by atoms with Crippen LogP contribution in [0.1, 0.15) is 64.9 Å². The van der Waals surface area contributed by atoms with Crippen molar-refractivity contribution < 1.29 is 24.2 Å². The second kappa shape index (κ2) is 8.17. The number of benzene rings is 1. The predicted molar refractivity (Wildman–Crippen MR) is 126 cm³/mol. The number of ketones is 2. The van der Waals surface area contributed by atoms with E-state index in [1.165, 1.54) is 0 Å². The van der Waals surface area contributed by atoms with Crippen molar-refractivity contribution in [3.63, 3.8) is 0 Å². The summed E-state index contributed by atoms with van der Waals surface area (Å²) in [4.78, 5) is 37.6. The molecule has 0 saturated carbocycles. The van der Waals surface area contributed by atoms with E-state index in [0.717, 1.165) is 11.4 Å². The van der Waals surface area contributed by atoms with Crippen LogP contribution in [-0.2, 0) is 14.4 Å². The molecule has 0 radical (unpaired) electrons. The Morgan fingerprint density at radius 2 is 1.42 bits per heavy atom. The number of ether oxygens (including phenoxy) is 1. The molecule has 1 aromatic carbocycles. The lowest BCUT2D eigenvalue weighted by Crippen LogP contribution is -2.42. The molecule has 3 aliphatic rings. The van der Waals surface area contributed by atoms with Gasteiger partial charge in [0.1, 0.15) is 0 Å². The molecule has 0 aromatic heterocycles. The Morgan fingerprint density at radius 1 is 0.970 bits per heavy atom.